The largest absolute Gasteiger partial charge is 0.478 e. The molecule has 2 aliphatic rings. The first-order valence-corrected chi connectivity index (χ1v) is 11.5. The van der Waals surface area contributed by atoms with Gasteiger partial charge in [-0.05, 0) is 35.7 Å². The van der Waals surface area contributed by atoms with E-state index in [1.54, 1.807) is 30.3 Å². The zero-order valence-corrected chi connectivity index (χ0v) is 19.1. The van der Waals surface area contributed by atoms with Crippen LogP contribution in [0.3, 0.4) is 0 Å². The second-order valence-electron chi connectivity index (χ2n) is 8.82. The minimum Gasteiger partial charge on any atom is -0.478 e. The topological polar surface area (TPSA) is 120 Å². The Labute approximate surface area is 205 Å². The van der Waals surface area contributed by atoms with Gasteiger partial charge in [0.1, 0.15) is 12.1 Å². The van der Waals surface area contributed by atoms with Crippen molar-refractivity contribution in [3.8, 4) is 5.75 Å². The van der Waals surface area contributed by atoms with Crippen molar-refractivity contribution in [2.75, 3.05) is 5.32 Å². The number of benzene rings is 3. The Bertz CT molecular complexity index is 1400. The van der Waals surface area contributed by atoms with Gasteiger partial charge in [0.25, 0.3) is 5.91 Å². The molecule has 1 saturated carbocycles. The van der Waals surface area contributed by atoms with Gasteiger partial charge in [-0.15, -0.1) is 0 Å². The maximum Gasteiger partial charge on any atom is 0.292 e. The van der Waals surface area contributed by atoms with Gasteiger partial charge in [0, 0.05) is 28.3 Å². The highest BCUT2D eigenvalue weighted by atomic mass is 35.5. The number of carbonyl (C=O) groups excluding carboxylic acids is 1. The summed E-state index contributed by atoms with van der Waals surface area (Å²) in [6.45, 7) is 0. The van der Waals surface area contributed by atoms with Crippen LogP contribution in [0.1, 0.15) is 39.6 Å². The molecule has 1 aromatic heterocycles. The number of nitrogens with zero attached hydrogens (tertiary/aromatic N) is 2. The second-order valence-corrected chi connectivity index (χ2v) is 9.26. The van der Waals surface area contributed by atoms with Gasteiger partial charge in [0.05, 0.1) is 6.10 Å². The van der Waals surface area contributed by atoms with E-state index in [-0.39, 0.29) is 11.7 Å². The van der Waals surface area contributed by atoms with Crippen LogP contribution in [-0.4, -0.2) is 37.4 Å². The third kappa shape index (κ3) is 3.11. The smallest absolute Gasteiger partial charge is 0.292 e. The molecule has 4 N–H and O–H groups in total. The highest BCUT2D eigenvalue weighted by Crippen LogP contribution is 2.66. The summed E-state index contributed by atoms with van der Waals surface area (Å²) in [7, 11) is 0. The Balaban J connectivity index is 1.48. The normalized spacial score (nSPS) is 26.6. The molecule has 35 heavy (non-hydrogen) atoms. The summed E-state index contributed by atoms with van der Waals surface area (Å²) in [6, 6.07) is 21.8. The number of anilines is 1. The summed E-state index contributed by atoms with van der Waals surface area (Å²) in [5.41, 5.74) is -0.512. The fourth-order valence-corrected chi connectivity index (χ4v) is 5.64. The first-order valence-electron chi connectivity index (χ1n) is 11.1. The highest BCUT2D eigenvalue weighted by molar-refractivity contribution is 6.30. The molecule has 1 fully saturated rings. The van der Waals surface area contributed by atoms with Crippen molar-refractivity contribution in [1.82, 2.24) is 15.2 Å². The van der Waals surface area contributed by atoms with Crippen LogP contribution in [-0.2, 0) is 11.2 Å². The SMILES string of the molecule is O=C(Nc1ccc2c(c1)O[C@]1(c3ccc(Cl)cc3)[C@@H](c3ccccc3)C[C@H](O)[C@]21O)c1ncn[nH]1. The van der Waals surface area contributed by atoms with Gasteiger partial charge in [0.15, 0.2) is 11.2 Å². The number of carbonyl (C=O) groups is 1. The number of rotatable bonds is 4. The zero-order chi connectivity index (χ0) is 24.2. The monoisotopic (exact) mass is 488 g/mol. The Kier molecular flexibility index (Phi) is 4.93. The lowest BCUT2D eigenvalue weighted by atomic mass is 9.71. The molecule has 0 radical (unpaired) electrons. The summed E-state index contributed by atoms with van der Waals surface area (Å²) < 4.78 is 6.66. The molecule has 6 rings (SSSR count). The molecule has 0 unspecified atom stereocenters. The fourth-order valence-electron chi connectivity index (χ4n) is 5.51. The number of amides is 1. The van der Waals surface area contributed by atoms with Crippen molar-refractivity contribution in [2.24, 2.45) is 0 Å². The molecule has 0 bridgehead atoms. The maximum atomic E-state index is 12.5. The molecule has 2 heterocycles. The number of aliphatic hydroxyl groups excluding tert-OH is 1. The standard InChI is InChI=1S/C26H21ClN4O4/c27-17-8-6-16(7-9-17)26-20(15-4-2-1-3-5-15)13-22(32)25(26,34)19-11-10-18(12-21(19)35-26)30-24(33)23-28-14-29-31-23/h1-12,14,20,22,32,34H,13H2,(H,30,33)(H,28,29,31)/t20-,22+,25-,26-/m1/s1. The number of ether oxygens (including phenoxy) is 1. The average Bonchev–Trinajstić information content (AvgIpc) is 3.54. The van der Waals surface area contributed by atoms with Crippen molar-refractivity contribution in [3.63, 3.8) is 0 Å². The van der Waals surface area contributed by atoms with Crippen LogP contribution in [0.2, 0.25) is 5.02 Å². The van der Waals surface area contributed by atoms with Gasteiger partial charge >= 0.3 is 0 Å². The van der Waals surface area contributed by atoms with E-state index in [1.807, 2.05) is 42.5 Å². The number of halogens is 1. The molecule has 1 aliphatic carbocycles. The lowest BCUT2D eigenvalue weighted by Gasteiger charge is -2.40. The number of aromatic amines is 1. The van der Waals surface area contributed by atoms with Crippen LogP contribution in [0.15, 0.2) is 79.1 Å². The fraction of sp³-hybridized carbons (Fsp3) is 0.192. The summed E-state index contributed by atoms with van der Waals surface area (Å²) >= 11 is 6.17. The molecule has 0 saturated heterocycles. The predicted octanol–water partition coefficient (Wildman–Crippen LogP) is 3.73. The Morgan fingerprint density at radius 2 is 1.89 bits per heavy atom. The van der Waals surface area contributed by atoms with Gasteiger partial charge in [0.2, 0.25) is 5.82 Å². The van der Waals surface area contributed by atoms with E-state index in [4.69, 9.17) is 16.3 Å². The number of hydrogen-bond acceptors (Lipinski definition) is 6. The number of H-pyrrole nitrogens is 1. The van der Waals surface area contributed by atoms with Crippen LogP contribution in [0.4, 0.5) is 5.69 Å². The first-order chi connectivity index (χ1) is 16.9. The predicted molar refractivity (Wildman–Crippen MR) is 128 cm³/mol. The van der Waals surface area contributed by atoms with Crippen LogP contribution in [0.25, 0.3) is 0 Å². The number of fused-ring (bicyclic) bond motifs is 3. The van der Waals surface area contributed by atoms with Gasteiger partial charge in [-0.3, -0.25) is 9.89 Å². The molecule has 0 spiro atoms. The molecular formula is C26H21ClN4O4. The lowest BCUT2D eigenvalue weighted by Crippen LogP contribution is -2.51. The van der Waals surface area contributed by atoms with E-state index >= 15 is 0 Å². The number of nitrogens with one attached hydrogen (secondary N) is 2. The van der Waals surface area contributed by atoms with Crippen LogP contribution >= 0.6 is 11.6 Å². The molecule has 4 atom stereocenters. The minimum atomic E-state index is -1.73. The quantitative estimate of drug-likeness (QED) is 0.347. The number of hydrogen-bond donors (Lipinski definition) is 4. The summed E-state index contributed by atoms with van der Waals surface area (Å²) in [5, 5.41) is 33.1. The summed E-state index contributed by atoms with van der Waals surface area (Å²) in [4.78, 5) is 16.3. The van der Waals surface area contributed by atoms with Gasteiger partial charge in [-0.25, -0.2) is 4.98 Å². The molecular weight excluding hydrogens is 468 g/mol. The Morgan fingerprint density at radius 3 is 2.60 bits per heavy atom. The molecule has 9 heteroatoms. The molecule has 176 valence electrons. The Hall–Kier alpha value is -3.72. The first kappa shape index (κ1) is 21.8. The van der Waals surface area contributed by atoms with Gasteiger partial charge < -0.3 is 20.3 Å². The van der Waals surface area contributed by atoms with Gasteiger partial charge in [-0.2, -0.15) is 5.10 Å². The van der Waals surface area contributed by atoms with Crippen molar-refractivity contribution in [2.45, 2.75) is 29.6 Å². The number of aromatic nitrogens is 3. The molecule has 3 aromatic carbocycles. The van der Waals surface area contributed by atoms with E-state index in [1.165, 1.54) is 6.33 Å². The zero-order valence-electron chi connectivity index (χ0n) is 18.4. The lowest BCUT2D eigenvalue weighted by molar-refractivity contribution is -0.149. The van der Waals surface area contributed by atoms with E-state index in [9.17, 15) is 15.0 Å². The van der Waals surface area contributed by atoms with Crippen LogP contribution < -0.4 is 10.1 Å². The minimum absolute atomic E-state index is 0.0686. The number of aliphatic hydroxyl groups is 2. The van der Waals surface area contributed by atoms with E-state index < -0.39 is 23.2 Å². The van der Waals surface area contributed by atoms with E-state index in [0.29, 0.717) is 34.0 Å². The van der Waals surface area contributed by atoms with Crippen LogP contribution in [0, 0.1) is 0 Å². The maximum absolute atomic E-state index is 12.5. The second kappa shape index (κ2) is 7.91. The van der Waals surface area contributed by atoms with E-state index in [2.05, 4.69) is 20.5 Å². The van der Waals surface area contributed by atoms with Crippen LogP contribution in [0.5, 0.6) is 5.75 Å². The summed E-state index contributed by atoms with van der Waals surface area (Å²) in [5.74, 6) is -0.380. The molecule has 1 aliphatic heterocycles. The van der Waals surface area contributed by atoms with Crippen molar-refractivity contribution in [3.05, 3.63) is 107 Å². The van der Waals surface area contributed by atoms with Crippen molar-refractivity contribution in [1.29, 1.82) is 0 Å². The summed E-state index contributed by atoms with van der Waals surface area (Å²) in [6.07, 6.45) is 0.449. The highest BCUT2D eigenvalue weighted by Gasteiger charge is 2.72. The molecule has 4 aromatic rings. The third-order valence-electron chi connectivity index (χ3n) is 7.02. The molecule has 8 nitrogen and oxygen atoms in total. The van der Waals surface area contributed by atoms with E-state index in [0.717, 1.165) is 5.56 Å². The third-order valence-corrected chi connectivity index (χ3v) is 7.28. The van der Waals surface area contributed by atoms with Crippen molar-refractivity contribution < 1.29 is 19.7 Å². The van der Waals surface area contributed by atoms with Crippen molar-refractivity contribution >= 4 is 23.2 Å². The van der Waals surface area contributed by atoms with Gasteiger partial charge in [-0.1, -0.05) is 60.1 Å². The average molecular weight is 489 g/mol. The Morgan fingerprint density at radius 1 is 1.11 bits per heavy atom. The molecule has 1 amide bonds.